The lowest BCUT2D eigenvalue weighted by molar-refractivity contribution is 0.184. The minimum atomic E-state index is -0.100. The molecule has 0 saturated carbocycles. The van der Waals surface area contributed by atoms with Gasteiger partial charge in [-0.25, -0.2) is 4.79 Å². The lowest BCUT2D eigenvalue weighted by atomic mass is 9.98. The monoisotopic (exact) mass is 392 g/mol. The number of benzene rings is 2. The van der Waals surface area contributed by atoms with Crippen LogP contribution in [-0.4, -0.2) is 41.3 Å². The van der Waals surface area contributed by atoms with Crippen LogP contribution >= 0.6 is 0 Å². The van der Waals surface area contributed by atoms with Crippen LogP contribution in [0.2, 0.25) is 0 Å². The molecule has 2 amide bonds. The van der Waals surface area contributed by atoms with Gasteiger partial charge in [0.15, 0.2) is 0 Å². The molecule has 3 aromatic rings. The number of carbonyl (C=O) groups excluding carboxylic acids is 1. The molecule has 150 valence electrons. The maximum atomic E-state index is 12.7. The highest BCUT2D eigenvalue weighted by molar-refractivity contribution is 5.90. The molecule has 1 N–H and O–H groups in total. The Kier molecular flexibility index (Phi) is 5.46. The summed E-state index contributed by atoms with van der Waals surface area (Å²) in [5, 5.41) is 7.13. The van der Waals surface area contributed by atoms with Gasteiger partial charge in [-0.05, 0) is 43.5 Å². The predicted molar refractivity (Wildman–Crippen MR) is 110 cm³/mol. The third kappa shape index (κ3) is 4.23. The molecule has 1 fully saturated rings. The standard InChI is InChI=1S/C22H24N4O3/c1-15-7-3-4-11-19(15)23-22(27)26-12-6-9-17(14-26)21-24-20(25-29-21)16-8-5-10-18(13-16)28-2/h3-5,7-8,10-11,13,17H,6,9,12,14H2,1-2H3,(H,23,27). The first kappa shape index (κ1) is 19.0. The molecule has 4 rings (SSSR count). The molecule has 1 aromatic heterocycles. The van der Waals surface area contributed by atoms with Crippen LogP contribution in [0.4, 0.5) is 10.5 Å². The molecule has 7 heteroatoms. The number of urea groups is 1. The van der Waals surface area contributed by atoms with Crippen LogP contribution in [0.5, 0.6) is 5.75 Å². The molecule has 0 aliphatic carbocycles. The van der Waals surface area contributed by atoms with Gasteiger partial charge in [-0.1, -0.05) is 35.5 Å². The Morgan fingerprint density at radius 3 is 2.93 bits per heavy atom. The molecule has 1 aliphatic rings. The van der Waals surface area contributed by atoms with Crippen LogP contribution in [0.25, 0.3) is 11.4 Å². The van der Waals surface area contributed by atoms with Gasteiger partial charge in [0.2, 0.25) is 11.7 Å². The number of carbonyl (C=O) groups is 1. The van der Waals surface area contributed by atoms with Crippen molar-refractivity contribution in [2.45, 2.75) is 25.7 Å². The van der Waals surface area contributed by atoms with Gasteiger partial charge >= 0.3 is 6.03 Å². The van der Waals surface area contributed by atoms with E-state index >= 15 is 0 Å². The second-order valence-corrected chi connectivity index (χ2v) is 7.22. The number of likely N-dealkylation sites (tertiary alicyclic amines) is 1. The highest BCUT2D eigenvalue weighted by atomic mass is 16.5. The summed E-state index contributed by atoms with van der Waals surface area (Å²) in [6, 6.07) is 15.2. The summed E-state index contributed by atoms with van der Waals surface area (Å²) in [7, 11) is 1.62. The number of anilines is 1. The van der Waals surface area contributed by atoms with Gasteiger partial charge in [0.05, 0.1) is 13.0 Å². The summed E-state index contributed by atoms with van der Waals surface area (Å²) >= 11 is 0. The minimum Gasteiger partial charge on any atom is -0.497 e. The Morgan fingerprint density at radius 2 is 2.10 bits per heavy atom. The topological polar surface area (TPSA) is 80.5 Å². The van der Waals surface area contributed by atoms with E-state index in [1.54, 1.807) is 7.11 Å². The quantitative estimate of drug-likeness (QED) is 0.709. The van der Waals surface area contributed by atoms with E-state index in [0.29, 0.717) is 24.8 Å². The average molecular weight is 392 g/mol. The molecule has 7 nitrogen and oxygen atoms in total. The van der Waals surface area contributed by atoms with E-state index in [0.717, 1.165) is 35.4 Å². The number of aromatic nitrogens is 2. The fourth-order valence-electron chi connectivity index (χ4n) is 3.55. The van der Waals surface area contributed by atoms with E-state index in [9.17, 15) is 4.79 Å². The number of hydrogen-bond donors (Lipinski definition) is 1. The lowest BCUT2D eigenvalue weighted by Gasteiger charge is -2.31. The lowest BCUT2D eigenvalue weighted by Crippen LogP contribution is -2.41. The summed E-state index contributed by atoms with van der Waals surface area (Å²) in [4.78, 5) is 19.1. The van der Waals surface area contributed by atoms with Crippen LogP contribution in [0.1, 0.15) is 30.2 Å². The van der Waals surface area contributed by atoms with Gasteiger partial charge in [0.1, 0.15) is 5.75 Å². The van der Waals surface area contributed by atoms with Crippen LogP contribution in [0.15, 0.2) is 53.1 Å². The zero-order chi connectivity index (χ0) is 20.2. The highest BCUT2D eigenvalue weighted by Gasteiger charge is 2.29. The third-order valence-corrected chi connectivity index (χ3v) is 5.21. The van der Waals surface area contributed by atoms with Crippen molar-refractivity contribution in [2.75, 3.05) is 25.5 Å². The largest absolute Gasteiger partial charge is 0.497 e. The minimum absolute atomic E-state index is 0.0261. The van der Waals surface area contributed by atoms with Crippen molar-refractivity contribution in [2.24, 2.45) is 0 Å². The maximum Gasteiger partial charge on any atom is 0.321 e. The Hall–Kier alpha value is -3.35. The molecule has 0 bridgehead atoms. The highest BCUT2D eigenvalue weighted by Crippen LogP contribution is 2.29. The fourth-order valence-corrected chi connectivity index (χ4v) is 3.55. The van der Waals surface area contributed by atoms with Gasteiger partial charge in [-0.2, -0.15) is 4.98 Å². The molecule has 2 heterocycles. The number of methoxy groups -OCH3 is 1. The summed E-state index contributed by atoms with van der Waals surface area (Å²) in [5.74, 6) is 1.86. The first-order valence-corrected chi connectivity index (χ1v) is 9.73. The maximum absolute atomic E-state index is 12.7. The number of nitrogens with zero attached hydrogens (tertiary/aromatic N) is 3. The van der Waals surface area contributed by atoms with Crippen molar-refractivity contribution in [3.63, 3.8) is 0 Å². The summed E-state index contributed by atoms with van der Waals surface area (Å²) < 4.78 is 10.8. The Labute approximate surface area is 169 Å². The van der Waals surface area contributed by atoms with Gasteiger partial charge in [-0.3, -0.25) is 0 Å². The van der Waals surface area contributed by atoms with Gasteiger partial charge < -0.3 is 19.5 Å². The molecule has 2 aromatic carbocycles. The normalized spacial score (nSPS) is 16.5. The van der Waals surface area contributed by atoms with Crippen LogP contribution < -0.4 is 10.1 Å². The number of amides is 2. The van der Waals surface area contributed by atoms with Gasteiger partial charge in [-0.15, -0.1) is 0 Å². The SMILES string of the molecule is COc1cccc(-c2noc(C3CCCN(C(=O)Nc4ccccc4C)C3)n2)c1. The Bertz CT molecular complexity index is 1000. The molecule has 1 atom stereocenters. The fraction of sp³-hybridized carbons (Fsp3) is 0.318. The number of para-hydroxylation sites is 1. The number of rotatable bonds is 4. The van der Waals surface area contributed by atoms with Crippen LogP contribution in [0.3, 0.4) is 0 Å². The van der Waals surface area contributed by atoms with Crippen molar-refractivity contribution in [3.8, 4) is 17.1 Å². The number of piperidine rings is 1. The van der Waals surface area contributed by atoms with E-state index < -0.39 is 0 Å². The van der Waals surface area contributed by atoms with Crippen molar-refractivity contribution in [1.82, 2.24) is 15.0 Å². The second kappa shape index (κ2) is 8.34. The number of hydrogen-bond acceptors (Lipinski definition) is 5. The Balaban J connectivity index is 1.45. The van der Waals surface area contributed by atoms with E-state index in [1.807, 2.05) is 60.4 Å². The summed E-state index contributed by atoms with van der Waals surface area (Å²) in [6.45, 7) is 3.25. The zero-order valence-electron chi connectivity index (χ0n) is 16.6. The number of ether oxygens (including phenoxy) is 1. The van der Waals surface area contributed by atoms with E-state index in [-0.39, 0.29) is 11.9 Å². The molecular weight excluding hydrogens is 368 g/mol. The predicted octanol–water partition coefficient (Wildman–Crippen LogP) is 4.47. The van der Waals surface area contributed by atoms with Crippen molar-refractivity contribution in [3.05, 3.63) is 60.0 Å². The van der Waals surface area contributed by atoms with Crippen molar-refractivity contribution >= 4 is 11.7 Å². The van der Waals surface area contributed by atoms with Gasteiger partial charge in [0.25, 0.3) is 0 Å². The Morgan fingerprint density at radius 1 is 1.24 bits per heavy atom. The average Bonchev–Trinajstić information content (AvgIpc) is 3.26. The third-order valence-electron chi connectivity index (χ3n) is 5.21. The van der Waals surface area contributed by atoms with Crippen LogP contribution in [0, 0.1) is 6.92 Å². The van der Waals surface area contributed by atoms with E-state index in [2.05, 4.69) is 15.5 Å². The van der Waals surface area contributed by atoms with Crippen molar-refractivity contribution in [1.29, 1.82) is 0 Å². The molecule has 29 heavy (non-hydrogen) atoms. The molecule has 1 unspecified atom stereocenters. The smallest absolute Gasteiger partial charge is 0.321 e. The molecule has 0 radical (unpaired) electrons. The first-order valence-electron chi connectivity index (χ1n) is 9.73. The summed E-state index contributed by atoms with van der Waals surface area (Å²) in [6.07, 6.45) is 1.80. The number of nitrogens with one attached hydrogen (secondary N) is 1. The van der Waals surface area contributed by atoms with E-state index in [1.165, 1.54) is 0 Å². The molecule has 0 spiro atoms. The first-order chi connectivity index (χ1) is 14.1. The van der Waals surface area contributed by atoms with Crippen LogP contribution in [-0.2, 0) is 0 Å². The molecular formula is C22H24N4O3. The molecule has 1 saturated heterocycles. The van der Waals surface area contributed by atoms with Crippen molar-refractivity contribution < 1.29 is 14.1 Å². The van der Waals surface area contributed by atoms with E-state index in [4.69, 9.17) is 9.26 Å². The molecule has 1 aliphatic heterocycles. The second-order valence-electron chi connectivity index (χ2n) is 7.22. The summed E-state index contributed by atoms with van der Waals surface area (Å²) in [5.41, 5.74) is 2.70. The zero-order valence-corrected chi connectivity index (χ0v) is 16.6. The van der Waals surface area contributed by atoms with Gasteiger partial charge in [0, 0.05) is 24.3 Å². The number of aryl methyl sites for hydroxylation is 1.